The standard InChI is InChI=1S/C10H9N3O/c1-13-5-4-10(12-13)9-3-2-8(7-14)6-11-9/h2-7H,1H3. The van der Waals surface area contributed by atoms with Gasteiger partial charge in [-0.2, -0.15) is 5.10 Å². The first-order chi connectivity index (χ1) is 6.79. The maximum atomic E-state index is 10.4. The number of aldehydes is 1. The fourth-order valence-electron chi connectivity index (χ4n) is 1.18. The van der Waals surface area contributed by atoms with Crippen molar-refractivity contribution in [3.8, 4) is 11.4 Å². The lowest BCUT2D eigenvalue weighted by Crippen LogP contribution is -1.90. The Bertz CT molecular complexity index is 445. The molecule has 70 valence electrons. The van der Waals surface area contributed by atoms with Gasteiger partial charge in [-0.25, -0.2) is 0 Å². The average molecular weight is 187 g/mol. The van der Waals surface area contributed by atoms with E-state index in [1.807, 2.05) is 19.3 Å². The fraction of sp³-hybridized carbons (Fsp3) is 0.100. The van der Waals surface area contributed by atoms with Crippen LogP contribution in [-0.4, -0.2) is 21.1 Å². The molecule has 4 heteroatoms. The van der Waals surface area contributed by atoms with E-state index >= 15 is 0 Å². The molecule has 0 amide bonds. The predicted molar refractivity (Wildman–Crippen MR) is 51.8 cm³/mol. The quantitative estimate of drug-likeness (QED) is 0.665. The molecule has 0 N–H and O–H groups in total. The number of aromatic nitrogens is 3. The lowest BCUT2D eigenvalue weighted by molar-refractivity contribution is 0.112. The van der Waals surface area contributed by atoms with Gasteiger partial charge < -0.3 is 0 Å². The monoisotopic (exact) mass is 187 g/mol. The second kappa shape index (κ2) is 3.41. The molecule has 2 aromatic rings. The van der Waals surface area contributed by atoms with Crippen molar-refractivity contribution in [1.29, 1.82) is 0 Å². The highest BCUT2D eigenvalue weighted by Gasteiger charge is 2.01. The summed E-state index contributed by atoms with van der Waals surface area (Å²) in [6, 6.07) is 5.39. The van der Waals surface area contributed by atoms with Gasteiger partial charge in [0.2, 0.25) is 0 Å². The molecule has 0 aliphatic rings. The van der Waals surface area contributed by atoms with E-state index in [0.29, 0.717) is 5.56 Å². The molecule has 0 aromatic carbocycles. The highest BCUT2D eigenvalue weighted by molar-refractivity contribution is 5.74. The topological polar surface area (TPSA) is 47.8 Å². The van der Waals surface area contributed by atoms with Crippen LogP contribution in [0.5, 0.6) is 0 Å². The Morgan fingerprint density at radius 3 is 2.64 bits per heavy atom. The van der Waals surface area contributed by atoms with E-state index in [9.17, 15) is 4.79 Å². The molecule has 0 spiro atoms. The molecule has 14 heavy (non-hydrogen) atoms. The summed E-state index contributed by atoms with van der Waals surface area (Å²) in [5, 5.41) is 4.20. The van der Waals surface area contributed by atoms with Crippen molar-refractivity contribution in [2.75, 3.05) is 0 Å². The Balaban J connectivity index is 2.38. The third-order valence-corrected chi connectivity index (χ3v) is 1.90. The van der Waals surface area contributed by atoms with Crippen LogP contribution in [0.2, 0.25) is 0 Å². The van der Waals surface area contributed by atoms with Gasteiger partial charge in [-0.15, -0.1) is 0 Å². The number of hydrogen-bond donors (Lipinski definition) is 0. The zero-order valence-electron chi connectivity index (χ0n) is 7.71. The van der Waals surface area contributed by atoms with Gasteiger partial charge in [-0.1, -0.05) is 0 Å². The third-order valence-electron chi connectivity index (χ3n) is 1.90. The maximum Gasteiger partial charge on any atom is 0.151 e. The smallest absolute Gasteiger partial charge is 0.151 e. The molecule has 0 atom stereocenters. The summed E-state index contributed by atoms with van der Waals surface area (Å²) < 4.78 is 1.71. The van der Waals surface area contributed by atoms with Crippen molar-refractivity contribution in [3.05, 3.63) is 36.2 Å². The maximum absolute atomic E-state index is 10.4. The predicted octanol–water partition coefficient (Wildman–Crippen LogP) is 1.29. The van der Waals surface area contributed by atoms with Gasteiger partial charge in [0, 0.05) is 25.0 Å². The highest BCUT2D eigenvalue weighted by Crippen LogP contribution is 2.13. The Hall–Kier alpha value is -1.97. The van der Waals surface area contributed by atoms with Crippen LogP contribution in [0.15, 0.2) is 30.6 Å². The van der Waals surface area contributed by atoms with Gasteiger partial charge in [0.05, 0.1) is 5.69 Å². The minimum atomic E-state index is 0.574. The van der Waals surface area contributed by atoms with E-state index in [1.54, 1.807) is 16.8 Å². The number of nitrogens with zero attached hydrogens (tertiary/aromatic N) is 3. The molecule has 0 bridgehead atoms. The lowest BCUT2D eigenvalue weighted by Gasteiger charge is -1.95. The molecular weight excluding hydrogens is 178 g/mol. The first-order valence-corrected chi connectivity index (χ1v) is 4.21. The Morgan fingerprint density at radius 2 is 2.14 bits per heavy atom. The van der Waals surface area contributed by atoms with Crippen LogP contribution in [-0.2, 0) is 7.05 Å². The Labute approximate surface area is 81.2 Å². The molecule has 4 nitrogen and oxygen atoms in total. The number of pyridine rings is 1. The summed E-state index contributed by atoms with van der Waals surface area (Å²) in [6.07, 6.45) is 4.16. The number of rotatable bonds is 2. The minimum absolute atomic E-state index is 0.574. The van der Waals surface area contributed by atoms with Gasteiger partial charge in [-0.3, -0.25) is 14.5 Å². The van der Waals surface area contributed by atoms with Crippen LogP contribution in [0, 0.1) is 0 Å². The van der Waals surface area contributed by atoms with Crippen LogP contribution in [0.25, 0.3) is 11.4 Å². The van der Waals surface area contributed by atoms with Crippen molar-refractivity contribution < 1.29 is 4.79 Å². The Morgan fingerprint density at radius 1 is 1.29 bits per heavy atom. The number of carbonyl (C=O) groups excluding carboxylic acids is 1. The largest absolute Gasteiger partial charge is 0.298 e. The van der Waals surface area contributed by atoms with E-state index in [0.717, 1.165) is 17.7 Å². The van der Waals surface area contributed by atoms with Crippen molar-refractivity contribution in [1.82, 2.24) is 14.8 Å². The molecular formula is C10H9N3O. The zero-order chi connectivity index (χ0) is 9.97. The van der Waals surface area contributed by atoms with E-state index in [-0.39, 0.29) is 0 Å². The molecule has 0 unspecified atom stereocenters. The second-order valence-corrected chi connectivity index (χ2v) is 2.97. The minimum Gasteiger partial charge on any atom is -0.298 e. The van der Waals surface area contributed by atoms with Crippen LogP contribution >= 0.6 is 0 Å². The van der Waals surface area contributed by atoms with E-state index in [4.69, 9.17) is 0 Å². The molecule has 0 fully saturated rings. The van der Waals surface area contributed by atoms with Crippen LogP contribution in [0.1, 0.15) is 10.4 Å². The van der Waals surface area contributed by atoms with E-state index in [1.165, 1.54) is 6.20 Å². The van der Waals surface area contributed by atoms with E-state index < -0.39 is 0 Å². The number of aryl methyl sites for hydroxylation is 1. The summed E-state index contributed by atoms with van der Waals surface area (Å²) in [5.74, 6) is 0. The van der Waals surface area contributed by atoms with Gasteiger partial charge in [0.25, 0.3) is 0 Å². The average Bonchev–Trinajstić information content (AvgIpc) is 2.65. The lowest BCUT2D eigenvalue weighted by atomic mass is 10.2. The summed E-state index contributed by atoms with van der Waals surface area (Å²) in [6.45, 7) is 0. The van der Waals surface area contributed by atoms with Crippen LogP contribution in [0.3, 0.4) is 0 Å². The van der Waals surface area contributed by atoms with Crippen LogP contribution < -0.4 is 0 Å². The van der Waals surface area contributed by atoms with Gasteiger partial charge >= 0.3 is 0 Å². The molecule has 0 aliphatic carbocycles. The molecule has 2 rings (SSSR count). The van der Waals surface area contributed by atoms with Crippen LogP contribution in [0.4, 0.5) is 0 Å². The van der Waals surface area contributed by atoms with Crippen molar-refractivity contribution >= 4 is 6.29 Å². The fourth-order valence-corrected chi connectivity index (χ4v) is 1.18. The molecule has 0 radical (unpaired) electrons. The summed E-state index contributed by atoms with van der Waals surface area (Å²) in [5.41, 5.74) is 2.16. The summed E-state index contributed by atoms with van der Waals surface area (Å²) >= 11 is 0. The van der Waals surface area contributed by atoms with Gasteiger partial charge in [0.1, 0.15) is 5.69 Å². The van der Waals surface area contributed by atoms with Crippen molar-refractivity contribution in [3.63, 3.8) is 0 Å². The van der Waals surface area contributed by atoms with Crippen molar-refractivity contribution in [2.24, 2.45) is 7.05 Å². The first kappa shape index (κ1) is 8.62. The second-order valence-electron chi connectivity index (χ2n) is 2.97. The summed E-state index contributed by atoms with van der Waals surface area (Å²) in [4.78, 5) is 14.5. The van der Waals surface area contributed by atoms with Gasteiger partial charge in [0.15, 0.2) is 6.29 Å². The normalized spacial score (nSPS) is 10.1. The van der Waals surface area contributed by atoms with Gasteiger partial charge in [-0.05, 0) is 18.2 Å². The molecule has 0 saturated heterocycles. The first-order valence-electron chi connectivity index (χ1n) is 4.21. The summed E-state index contributed by atoms with van der Waals surface area (Å²) in [7, 11) is 1.85. The zero-order valence-corrected chi connectivity index (χ0v) is 7.71. The SMILES string of the molecule is Cn1ccc(-c2ccc(C=O)cn2)n1. The number of hydrogen-bond acceptors (Lipinski definition) is 3. The van der Waals surface area contributed by atoms with E-state index in [2.05, 4.69) is 10.1 Å². The Kier molecular flexibility index (Phi) is 2.10. The molecule has 0 saturated carbocycles. The van der Waals surface area contributed by atoms with Crippen molar-refractivity contribution in [2.45, 2.75) is 0 Å². The molecule has 2 aromatic heterocycles. The highest BCUT2D eigenvalue weighted by atomic mass is 16.1. The third kappa shape index (κ3) is 1.54. The molecule has 2 heterocycles. The number of carbonyl (C=O) groups is 1. The molecule has 0 aliphatic heterocycles.